The SMILES string of the molecule is C=C(C)CC=C=CC.CCCCCCCCCCNCCC(N)C(=O)NCC(=O)NCCC(CO)NC(=O)CCCC(=O)O.CCNC.CN.CO. The van der Waals surface area contributed by atoms with Crippen LogP contribution in [0.1, 0.15) is 118 Å². The topological polar surface area (TPSA) is 241 Å². The lowest BCUT2D eigenvalue weighted by Crippen LogP contribution is -2.46. The molecule has 14 nitrogen and oxygen atoms in total. The van der Waals surface area contributed by atoms with Crippen LogP contribution < -0.4 is 38.1 Å². The van der Waals surface area contributed by atoms with Gasteiger partial charge < -0.3 is 53.4 Å². The van der Waals surface area contributed by atoms with Gasteiger partial charge in [0.15, 0.2) is 0 Å². The Labute approximate surface area is 316 Å². The number of amides is 3. The van der Waals surface area contributed by atoms with E-state index in [9.17, 15) is 24.3 Å². The van der Waals surface area contributed by atoms with Gasteiger partial charge in [0, 0.05) is 26.5 Å². The molecule has 0 aromatic rings. The van der Waals surface area contributed by atoms with E-state index < -0.39 is 24.0 Å². The van der Waals surface area contributed by atoms with Crippen LogP contribution in [0.25, 0.3) is 0 Å². The van der Waals surface area contributed by atoms with Gasteiger partial charge in [-0.15, -0.1) is 5.73 Å². The standard InChI is InChI=1S/C25H49N5O6.C8H12.C3H9N.CH5N.CH4O/c1-2-3-4-5-6-7-8-9-15-27-16-14-21(26)25(36)29-18-23(33)28-17-13-20(19-31)30-22(32)11-10-12-24(34)35;1-4-5-6-7-8(2)3;1-3-4-2;2*1-2/h20-21,27,31H,2-19,26H2,1H3,(H,28,33)(H,29,36)(H,30,32)(H,34,35);4,6H,2,7H2,1,3H3;4H,3H2,1-2H3;2H2,1H3;2H,1H3. The lowest BCUT2D eigenvalue weighted by Gasteiger charge is -2.17. The molecule has 308 valence electrons. The van der Waals surface area contributed by atoms with Gasteiger partial charge in [-0.2, -0.15) is 0 Å². The highest BCUT2D eigenvalue weighted by molar-refractivity contribution is 5.87. The Morgan fingerprint density at radius 3 is 1.92 bits per heavy atom. The van der Waals surface area contributed by atoms with Crippen LogP contribution >= 0.6 is 0 Å². The van der Waals surface area contributed by atoms with Crippen molar-refractivity contribution in [2.75, 3.05) is 60.5 Å². The van der Waals surface area contributed by atoms with E-state index in [-0.39, 0.29) is 50.8 Å². The van der Waals surface area contributed by atoms with Crippen molar-refractivity contribution < 1.29 is 34.5 Å². The van der Waals surface area contributed by atoms with Crippen LogP contribution in [0.5, 0.6) is 0 Å². The highest BCUT2D eigenvalue weighted by Gasteiger charge is 2.15. The molecule has 0 fully saturated rings. The maximum atomic E-state index is 12.1. The predicted molar refractivity (Wildman–Crippen MR) is 215 cm³/mol. The summed E-state index contributed by atoms with van der Waals surface area (Å²) in [6, 6.07) is -1.25. The summed E-state index contributed by atoms with van der Waals surface area (Å²) in [6.07, 6.45) is 15.9. The van der Waals surface area contributed by atoms with Crippen molar-refractivity contribution in [2.45, 2.75) is 130 Å². The van der Waals surface area contributed by atoms with Crippen LogP contribution in [-0.4, -0.2) is 112 Å². The Hall–Kier alpha value is -3.10. The summed E-state index contributed by atoms with van der Waals surface area (Å²) in [5, 5.41) is 38.9. The minimum atomic E-state index is -0.969. The van der Waals surface area contributed by atoms with E-state index in [1.165, 1.54) is 57.6 Å². The van der Waals surface area contributed by atoms with Crippen molar-refractivity contribution >= 4 is 23.7 Å². The van der Waals surface area contributed by atoms with E-state index in [2.05, 4.69) is 58.5 Å². The number of aliphatic hydroxyl groups is 2. The number of unbranched alkanes of at least 4 members (excludes halogenated alkanes) is 7. The van der Waals surface area contributed by atoms with Crippen molar-refractivity contribution in [2.24, 2.45) is 11.5 Å². The minimum Gasteiger partial charge on any atom is -0.481 e. The zero-order valence-electron chi connectivity index (χ0n) is 33.8. The first-order valence-corrected chi connectivity index (χ1v) is 18.8. The average Bonchev–Trinajstić information content (AvgIpc) is 3.14. The third-order valence-corrected chi connectivity index (χ3v) is 6.88. The number of carbonyl (C=O) groups is 4. The normalized spacial score (nSPS) is 10.6. The molecular weight excluding hydrogens is 666 g/mol. The zero-order chi connectivity index (χ0) is 40.8. The van der Waals surface area contributed by atoms with Crippen molar-refractivity contribution in [3.05, 3.63) is 30.0 Å². The molecule has 0 aromatic heterocycles. The Morgan fingerprint density at radius 2 is 1.42 bits per heavy atom. The third kappa shape index (κ3) is 53.7. The molecule has 0 aromatic carbocycles. The second-order valence-corrected chi connectivity index (χ2v) is 11.7. The number of aliphatic carboxylic acids is 1. The molecule has 0 rings (SSSR count). The first kappa shape index (κ1) is 58.2. The Morgan fingerprint density at radius 1 is 0.846 bits per heavy atom. The van der Waals surface area contributed by atoms with Crippen LogP contribution in [0.3, 0.4) is 0 Å². The van der Waals surface area contributed by atoms with Gasteiger partial charge in [0.1, 0.15) is 0 Å². The van der Waals surface area contributed by atoms with E-state index in [4.69, 9.17) is 15.9 Å². The minimum absolute atomic E-state index is 0.0517. The second-order valence-electron chi connectivity index (χ2n) is 11.7. The number of hydrogen-bond acceptors (Lipinski definition) is 10. The number of nitrogens with one attached hydrogen (secondary N) is 5. The molecule has 0 radical (unpaired) electrons. The van der Waals surface area contributed by atoms with Gasteiger partial charge in [-0.1, -0.05) is 70.9 Å². The molecule has 0 aliphatic rings. The average molecular weight is 746 g/mol. The molecule has 3 amide bonds. The molecule has 12 N–H and O–H groups in total. The summed E-state index contributed by atoms with van der Waals surface area (Å²) >= 11 is 0. The molecule has 2 unspecified atom stereocenters. The van der Waals surface area contributed by atoms with Crippen LogP contribution in [0.15, 0.2) is 30.0 Å². The van der Waals surface area contributed by atoms with Crippen molar-refractivity contribution in [1.82, 2.24) is 26.6 Å². The largest absolute Gasteiger partial charge is 0.481 e. The molecule has 0 aliphatic carbocycles. The van der Waals surface area contributed by atoms with E-state index in [1.807, 2.05) is 33.0 Å². The molecule has 14 heteroatoms. The predicted octanol–water partition coefficient (Wildman–Crippen LogP) is 2.88. The smallest absolute Gasteiger partial charge is 0.303 e. The molecule has 0 saturated carbocycles. The van der Waals surface area contributed by atoms with Crippen molar-refractivity contribution in [3.63, 3.8) is 0 Å². The number of aliphatic hydroxyl groups excluding tert-OH is 2. The monoisotopic (exact) mass is 746 g/mol. The first-order valence-electron chi connectivity index (χ1n) is 18.8. The van der Waals surface area contributed by atoms with Gasteiger partial charge in [-0.25, -0.2) is 0 Å². The first-order chi connectivity index (χ1) is 25.0. The fraction of sp³-hybridized carbons (Fsp3) is 0.763. The summed E-state index contributed by atoms with van der Waals surface area (Å²) in [4.78, 5) is 46.3. The number of carboxylic acids is 1. The van der Waals surface area contributed by atoms with Crippen molar-refractivity contribution in [1.29, 1.82) is 0 Å². The highest BCUT2D eigenvalue weighted by Crippen LogP contribution is 2.08. The Bertz CT molecular complexity index is 897. The molecule has 52 heavy (non-hydrogen) atoms. The maximum Gasteiger partial charge on any atom is 0.303 e. The number of allylic oxidation sites excluding steroid dienone is 2. The van der Waals surface area contributed by atoms with Gasteiger partial charge >= 0.3 is 5.97 Å². The molecule has 0 saturated heterocycles. The van der Waals surface area contributed by atoms with Gasteiger partial charge in [-0.05, 0) is 91.8 Å². The van der Waals surface area contributed by atoms with E-state index >= 15 is 0 Å². The summed E-state index contributed by atoms with van der Waals surface area (Å²) in [5.41, 5.74) is 14.5. The molecule has 0 bridgehead atoms. The van der Waals surface area contributed by atoms with E-state index in [0.717, 1.165) is 33.0 Å². The molecule has 2 atom stereocenters. The van der Waals surface area contributed by atoms with Gasteiger partial charge in [0.25, 0.3) is 0 Å². The fourth-order valence-corrected chi connectivity index (χ4v) is 3.90. The number of carbonyl (C=O) groups excluding carboxylic acids is 3. The lowest BCUT2D eigenvalue weighted by molar-refractivity contribution is -0.137. The van der Waals surface area contributed by atoms with Gasteiger partial charge in [0.05, 0.1) is 25.2 Å². The Balaban J connectivity index is -0.000000384. The fourth-order valence-electron chi connectivity index (χ4n) is 3.90. The summed E-state index contributed by atoms with van der Waals surface area (Å²) in [5.74, 6) is -2.10. The summed E-state index contributed by atoms with van der Waals surface area (Å²) < 4.78 is 0. The molecule has 0 heterocycles. The third-order valence-electron chi connectivity index (χ3n) is 6.88. The van der Waals surface area contributed by atoms with Gasteiger partial charge in [0.2, 0.25) is 17.7 Å². The van der Waals surface area contributed by atoms with E-state index in [0.29, 0.717) is 19.4 Å². The van der Waals surface area contributed by atoms with Crippen LogP contribution in [0.2, 0.25) is 0 Å². The van der Waals surface area contributed by atoms with Crippen molar-refractivity contribution in [3.8, 4) is 0 Å². The number of hydrogen-bond donors (Lipinski definition) is 10. The summed E-state index contributed by atoms with van der Waals surface area (Å²) in [7, 11) is 4.43. The van der Waals surface area contributed by atoms with E-state index in [1.54, 1.807) is 0 Å². The molecular formula is C38H79N7O7. The second kappa shape index (κ2) is 50.0. The van der Waals surface area contributed by atoms with Crippen LogP contribution in [0.4, 0.5) is 0 Å². The molecule has 0 spiro atoms. The zero-order valence-corrected chi connectivity index (χ0v) is 33.8. The van der Waals surface area contributed by atoms with Crippen LogP contribution in [-0.2, 0) is 19.2 Å². The molecule has 0 aliphatic heterocycles. The van der Waals surface area contributed by atoms with Crippen LogP contribution in [0, 0.1) is 0 Å². The number of rotatable bonds is 27. The lowest BCUT2D eigenvalue weighted by atomic mass is 10.1. The summed E-state index contributed by atoms with van der Waals surface area (Å²) in [6.45, 7) is 14.3. The Kier molecular flexibility index (Phi) is 56.0. The highest BCUT2D eigenvalue weighted by atomic mass is 16.4. The number of nitrogens with two attached hydrogens (primary N) is 2. The maximum absolute atomic E-state index is 12.1. The number of carboxylic acid groups (broad SMARTS) is 1. The van der Waals surface area contributed by atoms with Gasteiger partial charge in [-0.3, -0.25) is 19.2 Å². The quantitative estimate of drug-likeness (QED) is 0.0333.